The number of benzene rings is 5. The van der Waals surface area contributed by atoms with Crippen molar-refractivity contribution in [3.05, 3.63) is 96.4 Å². The highest BCUT2D eigenvalue weighted by molar-refractivity contribution is 6.17. The fraction of sp³-hybridized carbons (Fsp3) is 0. The van der Waals surface area contributed by atoms with E-state index in [1.54, 1.807) is 6.07 Å². The number of hydrogen-bond acceptors (Lipinski definition) is 3. The lowest BCUT2D eigenvalue weighted by Crippen LogP contribution is -2.00. The standard InChI is InChI=1S/C27H18N2O/c28-17-9-11-22-25(14-17)30-26-15-18(29)10-12-23(26)27(22)24-13-16-5-1-2-6-19(16)20-7-3-4-8-21(20)24/h1-15,28H,29H2. The molecule has 142 valence electrons. The molecule has 0 radical (unpaired) electrons. The summed E-state index contributed by atoms with van der Waals surface area (Å²) in [6.45, 7) is 0. The van der Waals surface area contributed by atoms with Crippen LogP contribution in [0.25, 0.3) is 55.0 Å². The third-order valence-electron chi connectivity index (χ3n) is 5.78. The second kappa shape index (κ2) is 6.19. The highest BCUT2D eigenvalue weighted by atomic mass is 16.3. The third-order valence-corrected chi connectivity index (χ3v) is 5.78. The smallest absolute Gasteiger partial charge is 0.137 e. The number of nitrogen functional groups attached to an aromatic ring is 1. The first kappa shape index (κ1) is 16.8. The molecule has 30 heavy (non-hydrogen) atoms. The predicted octanol–water partition coefficient (Wildman–Crippen LogP) is 6.57. The first-order valence-corrected chi connectivity index (χ1v) is 9.91. The largest absolute Gasteiger partial charge is 0.456 e. The molecule has 4 aromatic carbocycles. The Bertz CT molecular complexity index is 1630. The Morgan fingerprint density at radius 1 is 0.633 bits per heavy atom. The van der Waals surface area contributed by atoms with Gasteiger partial charge in [0.05, 0.1) is 5.36 Å². The molecule has 0 spiro atoms. The second-order valence-electron chi connectivity index (χ2n) is 7.63. The summed E-state index contributed by atoms with van der Waals surface area (Å²) in [7, 11) is 0. The summed E-state index contributed by atoms with van der Waals surface area (Å²) in [6, 6.07) is 30.6. The van der Waals surface area contributed by atoms with Crippen molar-refractivity contribution in [1.82, 2.24) is 0 Å². The molecular weight excluding hydrogens is 368 g/mol. The van der Waals surface area contributed by atoms with Crippen LogP contribution in [0.5, 0.6) is 0 Å². The normalized spacial score (nSPS) is 11.6. The van der Waals surface area contributed by atoms with E-state index in [2.05, 4.69) is 54.6 Å². The lowest BCUT2D eigenvalue weighted by Gasteiger charge is -2.18. The minimum atomic E-state index is 0.420. The van der Waals surface area contributed by atoms with Crippen LogP contribution in [0.2, 0.25) is 0 Å². The van der Waals surface area contributed by atoms with Gasteiger partial charge in [-0.25, -0.2) is 0 Å². The van der Waals surface area contributed by atoms with Crippen LogP contribution < -0.4 is 11.1 Å². The van der Waals surface area contributed by atoms with Gasteiger partial charge in [-0.05, 0) is 57.4 Å². The molecule has 6 rings (SSSR count). The molecule has 0 aromatic heterocycles. The molecule has 1 aliphatic heterocycles. The minimum absolute atomic E-state index is 0.420. The van der Waals surface area contributed by atoms with Gasteiger partial charge in [0.25, 0.3) is 0 Å². The van der Waals surface area contributed by atoms with Crippen LogP contribution in [0.4, 0.5) is 5.69 Å². The van der Waals surface area contributed by atoms with Gasteiger partial charge in [-0.15, -0.1) is 0 Å². The Hall–Kier alpha value is -4.11. The van der Waals surface area contributed by atoms with Crippen LogP contribution in [-0.2, 0) is 0 Å². The van der Waals surface area contributed by atoms with Crippen molar-refractivity contribution in [3.8, 4) is 22.5 Å². The summed E-state index contributed by atoms with van der Waals surface area (Å²) in [6.07, 6.45) is 0. The van der Waals surface area contributed by atoms with Crippen molar-refractivity contribution in [2.75, 3.05) is 5.73 Å². The summed E-state index contributed by atoms with van der Waals surface area (Å²) >= 11 is 0. The molecule has 3 nitrogen and oxygen atoms in total. The maximum atomic E-state index is 8.06. The summed E-state index contributed by atoms with van der Waals surface area (Å²) in [4.78, 5) is 0. The van der Waals surface area contributed by atoms with E-state index in [0.29, 0.717) is 16.8 Å². The molecule has 0 saturated heterocycles. The van der Waals surface area contributed by atoms with Crippen molar-refractivity contribution >= 4 is 38.2 Å². The quantitative estimate of drug-likeness (QED) is 0.191. The van der Waals surface area contributed by atoms with E-state index in [4.69, 9.17) is 15.6 Å². The maximum Gasteiger partial charge on any atom is 0.137 e. The Labute approximate surface area is 172 Å². The second-order valence-corrected chi connectivity index (χ2v) is 7.63. The van der Waals surface area contributed by atoms with E-state index < -0.39 is 0 Å². The maximum absolute atomic E-state index is 8.06. The van der Waals surface area contributed by atoms with Gasteiger partial charge in [-0.1, -0.05) is 48.5 Å². The Morgan fingerprint density at radius 2 is 1.40 bits per heavy atom. The van der Waals surface area contributed by atoms with Gasteiger partial charge < -0.3 is 15.6 Å². The molecule has 4 aromatic rings. The van der Waals surface area contributed by atoms with E-state index >= 15 is 0 Å². The number of fused-ring (bicyclic) bond motifs is 5. The topological polar surface area (TPSA) is 63.0 Å². The van der Waals surface area contributed by atoms with Gasteiger partial charge in [-0.2, -0.15) is 0 Å². The number of hydrogen-bond donors (Lipinski definition) is 2. The van der Waals surface area contributed by atoms with Gasteiger partial charge in [0.1, 0.15) is 11.3 Å². The van der Waals surface area contributed by atoms with Crippen LogP contribution in [0.3, 0.4) is 0 Å². The number of rotatable bonds is 1. The zero-order chi connectivity index (χ0) is 20.2. The molecule has 0 atom stereocenters. The molecule has 0 bridgehead atoms. The minimum Gasteiger partial charge on any atom is -0.456 e. The predicted molar refractivity (Wildman–Crippen MR) is 124 cm³/mol. The Balaban J connectivity index is 1.87. The van der Waals surface area contributed by atoms with Crippen molar-refractivity contribution < 1.29 is 4.42 Å². The lowest BCUT2D eigenvalue weighted by atomic mass is 9.88. The number of anilines is 1. The van der Waals surface area contributed by atoms with Crippen molar-refractivity contribution in [2.45, 2.75) is 0 Å². The highest BCUT2D eigenvalue weighted by Gasteiger charge is 2.19. The van der Waals surface area contributed by atoms with E-state index in [9.17, 15) is 0 Å². The molecule has 0 fully saturated rings. The van der Waals surface area contributed by atoms with E-state index in [-0.39, 0.29) is 0 Å². The van der Waals surface area contributed by atoms with E-state index in [1.165, 1.54) is 21.5 Å². The molecule has 3 N–H and O–H groups in total. The average molecular weight is 386 g/mol. The van der Waals surface area contributed by atoms with Gasteiger partial charge in [0.15, 0.2) is 0 Å². The van der Waals surface area contributed by atoms with Crippen LogP contribution >= 0.6 is 0 Å². The molecule has 0 amide bonds. The zero-order valence-electron chi connectivity index (χ0n) is 16.1. The molecular formula is C27H18N2O. The molecule has 3 heteroatoms. The first-order valence-electron chi connectivity index (χ1n) is 9.91. The lowest BCUT2D eigenvalue weighted by molar-refractivity contribution is 0.619. The molecule has 0 unspecified atom stereocenters. The van der Waals surface area contributed by atoms with E-state index in [0.717, 1.165) is 27.7 Å². The van der Waals surface area contributed by atoms with Crippen LogP contribution in [-0.4, -0.2) is 0 Å². The van der Waals surface area contributed by atoms with Crippen LogP contribution in [0.1, 0.15) is 0 Å². The fourth-order valence-corrected chi connectivity index (χ4v) is 4.46. The summed E-state index contributed by atoms with van der Waals surface area (Å²) in [5.74, 6) is 0.688. The SMILES string of the molecule is N=c1ccc2c(-c3cc4ccccc4c4ccccc34)c3ccc(N)cc3oc-2c1. The van der Waals surface area contributed by atoms with Crippen molar-refractivity contribution in [1.29, 1.82) is 5.41 Å². The fourth-order valence-electron chi connectivity index (χ4n) is 4.46. The summed E-state index contributed by atoms with van der Waals surface area (Å²) in [5.41, 5.74) is 10.7. The van der Waals surface area contributed by atoms with Crippen LogP contribution in [0, 0.1) is 5.41 Å². The van der Waals surface area contributed by atoms with Gasteiger partial charge >= 0.3 is 0 Å². The first-order chi connectivity index (χ1) is 14.7. The third kappa shape index (κ3) is 2.42. The number of nitrogens with one attached hydrogen (secondary N) is 1. The summed E-state index contributed by atoms with van der Waals surface area (Å²) in [5, 5.41) is 14.3. The van der Waals surface area contributed by atoms with Gasteiger partial charge in [0, 0.05) is 34.3 Å². The Morgan fingerprint density at radius 3 is 2.27 bits per heavy atom. The monoisotopic (exact) mass is 386 g/mol. The molecule has 1 aliphatic carbocycles. The van der Waals surface area contributed by atoms with Gasteiger partial charge in [-0.3, -0.25) is 0 Å². The van der Waals surface area contributed by atoms with Crippen LogP contribution in [0.15, 0.2) is 95.4 Å². The van der Waals surface area contributed by atoms with E-state index in [1.807, 2.05) is 30.3 Å². The van der Waals surface area contributed by atoms with Crippen molar-refractivity contribution in [3.63, 3.8) is 0 Å². The number of nitrogens with two attached hydrogens (primary N) is 1. The molecule has 2 aliphatic rings. The molecule has 0 saturated carbocycles. The molecule has 1 heterocycles. The average Bonchev–Trinajstić information content (AvgIpc) is 2.77. The van der Waals surface area contributed by atoms with Gasteiger partial charge in [0.2, 0.25) is 0 Å². The Kier molecular flexibility index (Phi) is 3.47. The highest BCUT2D eigenvalue weighted by Crippen LogP contribution is 2.44. The van der Waals surface area contributed by atoms with Crippen molar-refractivity contribution in [2.24, 2.45) is 0 Å². The summed E-state index contributed by atoms with van der Waals surface area (Å²) < 4.78 is 6.17. The zero-order valence-corrected chi connectivity index (χ0v) is 16.1.